The van der Waals surface area contributed by atoms with Crippen molar-refractivity contribution in [2.24, 2.45) is 4.99 Å². The maximum Gasteiger partial charge on any atom is 0.139 e. The summed E-state index contributed by atoms with van der Waals surface area (Å²) in [5.74, 6) is 1.27. The van der Waals surface area contributed by atoms with Gasteiger partial charge in [0.1, 0.15) is 11.6 Å². The fourth-order valence-corrected chi connectivity index (χ4v) is 3.52. The Hall–Kier alpha value is -3.27. The van der Waals surface area contributed by atoms with E-state index in [1.807, 2.05) is 60.8 Å². The monoisotopic (exact) mass is 369 g/mol. The van der Waals surface area contributed by atoms with E-state index >= 15 is 0 Å². The number of hydrogen-bond donors (Lipinski definition) is 1. The molecule has 1 aliphatic heterocycles. The van der Waals surface area contributed by atoms with Crippen LogP contribution in [0.3, 0.4) is 0 Å². The number of hydrogen-bond acceptors (Lipinski definition) is 4. The fourth-order valence-electron chi connectivity index (χ4n) is 3.52. The second-order valence-electron chi connectivity index (χ2n) is 7.22. The summed E-state index contributed by atoms with van der Waals surface area (Å²) in [5, 5.41) is 3.34. The maximum atomic E-state index is 12.5. The van der Waals surface area contributed by atoms with E-state index in [2.05, 4.69) is 34.3 Å². The van der Waals surface area contributed by atoms with Crippen molar-refractivity contribution in [3.8, 4) is 0 Å². The van der Waals surface area contributed by atoms with Gasteiger partial charge in [0.15, 0.2) is 0 Å². The van der Waals surface area contributed by atoms with E-state index in [1.165, 1.54) is 5.56 Å². The summed E-state index contributed by atoms with van der Waals surface area (Å²) in [6.45, 7) is 2.72. The highest BCUT2D eigenvalue weighted by atomic mass is 16.1. The number of Topliss-reactive ketones (excluding diaryl/α,β-unsaturated/α-hetero) is 1. The van der Waals surface area contributed by atoms with Crippen LogP contribution in [0.25, 0.3) is 0 Å². The predicted octanol–water partition coefficient (Wildman–Crippen LogP) is 4.76. The third-order valence-electron chi connectivity index (χ3n) is 5.03. The van der Waals surface area contributed by atoms with Crippen LogP contribution in [-0.4, -0.2) is 16.6 Å². The van der Waals surface area contributed by atoms with Crippen molar-refractivity contribution < 1.29 is 4.79 Å². The number of rotatable bonds is 6. The summed E-state index contributed by atoms with van der Waals surface area (Å²) in [6.07, 6.45) is 2.73. The van der Waals surface area contributed by atoms with Gasteiger partial charge in [0.25, 0.3) is 0 Å². The van der Waals surface area contributed by atoms with Crippen molar-refractivity contribution in [1.82, 2.24) is 4.98 Å². The number of benzene rings is 2. The highest BCUT2D eigenvalue weighted by Crippen LogP contribution is 2.22. The number of para-hydroxylation sites is 1. The van der Waals surface area contributed by atoms with Gasteiger partial charge in [0.2, 0.25) is 0 Å². The molecule has 0 spiro atoms. The summed E-state index contributed by atoms with van der Waals surface area (Å²) >= 11 is 0. The van der Waals surface area contributed by atoms with E-state index in [0.717, 1.165) is 28.3 Å². The number of pyridine rings is 1. The van der Waals surface area contributed by atoms with Gasteiger partial charge in [-0.25, -0.2) is 0 Å². The molecule has 4 heteroatoms. The first-order valence-corrected chi connectivity index (χ1v) is 9.60. The van der Waals surface area contributed by atoms with Crippen molar-refractivity contribution >= 4 is 17.3 Å². The molecule has 1 N–H and O–H groups in total. The molecule has 3 aromatic rings. The lowest BCUT2D eigenvalue weighted by molar-refractivity contribution is -0.118. The number of carbonyl (C=O) groups is 1. The first-order valence-electron chi connectivity index (χ1n) is 9.60. The van der Waals surface area contributed by atoms with Crippen LogP contribution in [-0.2, 0) is 17.8 Å². The van der Waals surface area contributed by atoms with Gasteiger partial charge in [-0.15, -0.1) is 0 Å². The second kappa shape index (κ2) is 8.17. The zero-order chi connectivity index (χ0) is 19.3. The normalized spacial score (nSPS) is 13.5. The number of ketones is 1. The molecule has 140 valence electrons. The number of carbonyl (C=O) groups excluding carboxylic acids is 1. The molecule has 0 unspecified atom stereocenters. The Morgan fingerprint density at radius 2 is 1.79 bits per heavy atom. The highest BCUT2D eigenvalue weighted by molar-refractivity contribution is 6.10. The Balaban J connectivity index is 1.39. The molecule has 2 heterocycles. The van der Waals surface area contributed by atoms with Crippen LogP contribution in [0, 0.1) is 0 Å². The van der Waals surface area contributed by atoms with Crippen LogP contribution in [0.1, 0.15) is 41.6 Å². The molecule has 1 atom stereocenters. The smallest absolute Gasteiger partial charge is 0.139 e. The lowest BCUT2D eigenvalue weighted by atomic mass is 9.94. The van der Waals surface area contributed by atoms with Gasteiger partial charge in [-0.3, -0.25) is 14.8 Å². The number of aliphatic imine (C=N–C) groups is 1. The van der Waals surface area contributed by atoms with Crippen LogP contribution in [0.5, 0.6) is 0 Å². The quantitative estimate of drug-likeness (QED) is 0.682. The van der Waals surface area contributed by atoms with Crippen LogP contribution >= 0.6 is 0 Å². The van der Waals surface area contributed by atoms with Crippen LogP contribution in [0.2, 0.25) is 0 Å². The van der Waals surface area contributed by atoms with Crippen molar-refractivity contribution in [3.05, 3.63) is 95.3 Å². The number of amidine groups is 1. The topological polar surface area (TPSA) is 54.4 Å². The molecule has 0 saturated carbocycles. The summed E-state index contributed by atoms with van der Waals surface area (Å²) in [4.78, 5) is 21.6. The third-order valence-corrected chi connectivity index (χ3v) is 5.03. The molecule has 0 saturated heterocycles. The van der Waals surface area contributed by atoms with Crippen molar-refractivity contribution in [2.45, 2.75) is 32.2 Å². The van der Waals surface area contributed by atoms with Crippen LogP contribution in [0.15, 0.2) is 77.9 Å². The van der Waals surface area contributed by atoms with Crippen molar-refractivity contribution in [3.63, 3.8) is 0 Å². The standard InChI is InChI=1S/C24H23N3O/c1-17(18-8-4-2-5-9-18)12-22(28)14-21-13-19-15-26-24(23(19)16-25-21)27-20-10-6-3-7-11-20/h2-11,13,16-17H,12,14-15H2,1H3,(H,26,27)/t17-/m0/s1. The summed E-state index contributed by atoms with van der Waals surface area (Å²) in [5.41, 5.74) is 5.15. The van der Waals surface area contributed by atoms with E-state index in [0.29, 0.717) is 19.4 Å². The van der Waals surface area contributed by atoms with Crippen molar-refractivity contribution in [2.75, 3.05) is 5.32 Å². The largest absolute Gasteiger partial charge is 0.340 e. The molecule has 0 amide bonds. The van der Waals surface area contributed by atoms with Gasteiger partial charge in [-0.2, -0.15) is 0 Å². The number of fused-ring (bicyclic) bond motifs is 1. The zero-order valence-corrected chi connectivity index (χ0v) is 15.9. The van der Waals surface area contributed by atoms with E-state index in [9.17, 15) is 4.79 Å². The molecule has 2 aromatic carbocycles. The number of anilines is 1. The lowest BCUT2D eigenvalue weighted by Crippen LogP contribution is -2.13. The molecule has 1 aromatic heterocycles. The number of aromatic nitrogens is 1. The number of nitrogens with zero attached hydrogens (tertiary/aromatic N) is 2. The lowest BCUT2D eigenvalue weighted by Gasteiger charge is -2.11. The van der Waals surface area contributed by atoms with Gasteiger partial charge in [-0.1, -0.05) is 55.5 Å². The Morgan fingerprint density at radius 3 is 2.54 bits per heavy atom. The second-order valence-corrected chi connectivity index (χ2v) is 7.22. The Kier molecular flexibility index (Phi) is 5.29. The molecule has 4 rings (SSSR count). The highest BCUT2D eigenvalue weighted by Gasteiger charge is 2.19. The Morgan fingerprint density at radius 1 is 1.07 bits per heavy atom. The first-order chi connectivity index (χ1) is 13.7. The molecule has 28 heavy (non-hydrogen) atoms. The molecule has 0 bridgehead atoms. The van der Waals surface area contributed by atoms with Gasteiger partial charge >= 0.3 is 0 Å². The molecule has 0 fully saturated rings. The van der Waals surface area contributed by atoms with Gasteiger partial charge in [-0.05, 0) is 35.2 Å². The summed E-state index contributed by atoms with van der Waals surface area (Å²) in [6, 6.07) is 22.2. The van der Waals surface area contributed by atoms with E-state index in [1.54, 1.807) is 0 Å². The van der Waals surface area contributed by atoms with E-state index in [4.69, 9.17) is 0 Å². The number of nitrogens with one attached hydrogen (secondary N) is 1. The zero-order valence-electron chi connectivity index (χ0n) is 15.9. The fraction of sp³-hybridized carbons (Fsp3) is 0.208. The third kappa shape index (κ3) is 4.17. The van der Waals surface area contributed by atoms with Gasteiger partial charge in [0.05, 0.1) is 6.54 Å². The van der Waals surface area contributed by atoms with Gasteiger partial charge < -0.3 is 5.32 Å². The average molecular weight is 369 g/mol. The summed E-state index contributed by atoms with van der Waals surface area (Å²) < 4.78 is 0. The van der Waals surface area contributed by atoms with Crippen LogP contribution in [0.4, 0.5) is 5.69 Å². The average Bonchev–Trinajstić information content (AvgIpc) is 3.11. The Labute approximate surface area is 165 Å². The SMILES string of the molecule is C[C@@H](CC(=O)Cc1cc2c(cn1)C(Nc1ccccc1)=NC2)c1ccccc1. The maximum absolute atomic E-state index is 12.5. The molecule has 0 radical (unpaired) electrons. The first kappa shape index (κ1) is 18.1. The van der Waals surface area contributed by atoms with Crippen LogP contribution < -0.4 is 5.32 Å². The minimum Gasteiger partial charge on any atom is -0.340 e. The molecular weight excluding hydrogens is 346 g/mol. The van der Waals surface area contributed by atoms with E-state index < -0.39 is 0 Å². The molecular formula is C24H23N3O. The summed E-state index contributed by atoms with van der Waals surface area (Å²) in [7, 11) is 0. The molecule has 0 aliphatic carbocycles. The minimum atomic E-state index is 0.213. The Bertz CT molecular complexity index is 997. The van der Waals surface area contributed by atoms with Gasteiger partial charge in [0, 0.05) is 36.0 Å². The van der Waals surface area contributed by atoms with Crippen molar-refractivity contribution in [1.29, 1.82) is 0 Å². The van der Waals surface area contributed by atoms with E-state index in [-0.39, 0.29) is 11.7 Å². The predicted molar refractivity (Wildman–Crippen MR) is 113 cm³/mol. The molecule has 1 aliphatic rings. The molecule has 4 nitrogen and oxygen atoms in total. The minimum absolute atomic E-state index is 0.213.